The first-order valence-corrected chi connectivity index (χ1v) is 7.51. The summed E-state index contributed by atoms with van der Waals surface area (Å²) < 4.78 is 1.03. The Morgan fingerprint density at radius 2 is 1.57 bits per heavy atom. The van der Waals surface area contributed by atoms with E-state index in [1.165, 1.54) is 16.2 Å². The van der Waals surface area contributed by atoms with Crippen LogP contribution in [0.4, 0.5) is 0 Å². The molecule has 4 rings (SSSR count). The molecule has 0 aromatic heterocycles. The summed E-state index contributed by atoms with van der Waals surface area (Å²) in [5, 5.41) is 16.3. The van der Waals surface area contributed by atoms with Gasteiger partial charge in [-0.25, -0.2) is 0 Å². The number of hydrogen-bond acceptors (Lipinski definition) is 1. The van der Waals surface area contributed by atoms with Crippen molar-refractivity contribution in [3.05, 3.63) is 70.7 Å². The minimum Gasteiger partial charge on any atom is -0.192 e. The Bertz CT molecular complexity index is 1060. The Hall–Kier alpha value is -2.37. The van der Waals surface area contributed by atoms with Gasteiger partial charge in [0.05, 0.1) is 11.6 Å². The molecule has 0 atom stereocenters. The number of hydrogen-bond donors (Lipinski definition) is 0. The lowest BCUT2D eigenvalue weighted by Crippen LogP contribution is -1.85. The zero-order valence-corrected chi connectivity index (χ0v) is 12.7. The first-order valence-electron chi connectivity index (χ1n) is 6.72. The molecule has 0 radical (unpaired) electrons. The van der Waals surface area contributed by atoms with Crippen LogP contribution in [0.2, 0.25) is 0 Å². The van der Waals surface area contributed by atoms with Crippen LogP contribution in [0.1, 0.15) is 5.56 Å². The Labute approximate surface area is 130 Å². The van der Waals surface area contributed by atoms with Gasteiger partial charge >= 0.3 is 0 Å². The largest absolute Gasteiger partial charge is 0.192 e. The maximum absolute atomic E-state index is 9.42. The number of halogens is 1. The molecule has 0 heterocycles. The van der Waals surface area contributed by atoms with E-state index in [1.807, 2.05) is 18.2 Å². The van der Waals surface area contributed by atoms with Crippen LogP contribution in [0.25, 0.3) is 32.3 Å². The van der Waals surface area contributed by atoms with E-state index in [0.29, 0.717) is 0 Å². The van der Waals surface area contributed by atoms with Crippen molar-refractivity contribution < 1.29 is 0 Å². The fourth-order valence-electron chi connectivity index (χ4n) is 2.99. The standard InChI is InChI=1S/C19H10BrN/c20-15-7-8-16-14(11-21)9-13-6-5-12-3-1-2-4-17(12)19(13)18(16)10-15/h1-10H. The Morgan fingerprint density at radius 3 is 2.43 bits per heavy atom. The van der Waals surface area contributed by atoms with E-state index >= 15 is 0 Å². The summed E-state index contributed by atoms with van der Waals surface area (Å²) in [4.78, 5) is 0. The fraction of sp³-hybridized carbons (Fsp3) is 0. The first kappa shape index (κ1) is 12.4. The van der Waals surface area contributed by atoms with Crippen molar-refractivity contribution in [3.8, 4) is 6.07 Å². The number of benzene rings is 4. The molecule has 0 amide bonds. The third-order valence-corrected chi connectivity index (χ3v) is 4.42. The smallest absolute Gasteiger partial charge is 0.0998 e. The molecule has 0 fully saturated rings. The Morgan fingerprint density at radius 1 is 0.762 bits per heavy atom. The second-order valence-electron chi connectivity index (χ2n) is 5.11. The Balaban J connectivity index is 2.37. The Kier molecular flexibility index (Phi) is 2.70. The molecule has 4 aromatic carbocycles. The predicted octanol–water partition coefficient (Wildman–Crippen LogP) is 5.78. The van der Waals surface area contributed by atoms with Gasteiger partial charge in [0.1, 0.15) is 0 Å². The average molecular weight is 332 g/mol. The van der Waals surface area contributed by atoms with Crippen molar-refractivity contribution in [1.82, 2.24) is 0 Å². The summed E-state index contributed by atoms with van der Waals surface area (Å²) in [5.74, 6) is 0. The van der Waals surface area contributed by atoms with E-state index in [9.17, 15) is 5.26 Å². The molecule has 0 aliphatic rings. The summed E-state index contributed by atoms with van der Waals surface area (Å²) in [6, 6.07) is 23.0. The van der Waals surface area contributed by atoms with Gasteiger partial charge in [0.15, 0.2) is 0 Å². The monoisotopic (exact) mass is 331 g/mol. The molecule has 2 heteroatoms. The maximum Gasteiger partial charge on any atom is 0.0998 e. The van der Waals surface area contributed by atoms with Crippen LogP contribution in [0.15, 0.2) is 65.1 Å². The summed E-state index contributed by atoms with van der Waals surface area (Å²) in [6.45, 7) is 0. The second kappa shape index (κ2) is 4.58. The molecule has 0 aliphatic carbocycles. The molecule has 0 unspecified atom stereocenters. The number of nitriles is 1. The van der Waals surface area contributed by atoms with Gasteiger partial charge in [0, 0.05) is 9.86 Å². The van der Waals surface area contributed by atoms with Crippen molar-refractivity contribution in [2.75, 3.05) is 0 Å². The van der Waals surface area contributed by atoms with Crippen LogP contribution in [0.3, 0.4) is 0 Å². The highest BCUT2D eigenvalue weighted by Gasteiger charge is 2.09. The van der Waals surface area contributed by atoms with Crippen LogP contribution in [-0.2, 0) is 0 Å². The molecule has 0 aliphatic heterocycles. The lowest BCUT2D eigenvalue weighted by atomic mass is 9.94. The summed E-state index contributed by atoms with van der Waals surface area (Å²) >= 11 is 3.55. The van der Waals surface area contributed by atoms with Gasteiger partial charge < -0.3 is 0 Å². The molecule has 21 heavy (non-hydrogen) atoms. The van der Waals surface area contributed by atoms with E-state index in [0.717, 1.165) is 26.2 Å². The minimum atomic E-state index is 0.722. The average Bonchev–Trinajstić information content (AvgIpc) is 2.53. The van der Waals surface area contributed by atoms with Crippen LogP contribution >= 0.6 is 15.9 Å². The highest BCUT2D eigenvalue weighted by atomic mass is 79.9. The fourth-order valence-corrected chi connectivity index (χ4v) is 3.35. The number of rotatable bonds is 0. The SMILES string of the molecule is N#Cc1cc2ccc3ccccc3c2c2cc(Br)ccc12. The second-order valence-corrected chi connectivity index (χ2v) is 6.03. The molecule has 0 saturated carbocycles. The highest BCUT2D eigenvalue weighted by Crippen LogP contribution is 2.35. The third-order valence-electron chi connectivity index (χ3n) is 3.92. The van der Waals surface area contributed by atoms with Crippen molar-refractivity contribution in [1.29, 1.82) is 5.26 Å². The normalized spacial score (nSPS) is 11.0. The van der Waals surface area contributed by atoms with Gasteiger partial charge in [-0.15, -0.1) is 0 Å². The summed E-state index contributed by atoms with van der Waals surface area (Å²) in [5.41, 5.74) is 0.722. The number of nitrogens with zero attached hydrogens (tertiary/aromatic N) is 1. The van der Waals surface area contributed by atoms with Gasteiger partial charge in [0.25, 0.3) is 0 Å². The molecule has 0 saturated heterocycles. The lowest BCUT2D eigenvalue weighted by Gasteiger charge is -2.10. The van der Waals surface area contributed by atoms with Crippen LogP contribution < -0.4 is 0 Å². The zero-order chi connectivity index (χ0) is 14.4. The molecule has 0 bridgehead atoms. The van der Waals surface area contributed by atoms with Gasteiger partial charge in [-0.3, -0.25) is 0 Å². The predicted molar refractivity (Wildman–Crippen MR) is 91.4 cm³/mol. The molecule has 1 nitrogen and oxygen atoms in total. The molecule has 4 aromatic rings. The number of fused-ring (bicyclic) bond motifs is 5. The summed E-state index contributed by atoms with van der Waals surface area (Å²) in [6.07, 6.45) is 0. The van der Waals surface area contributed by atoms with E-state index in [-0.39, 0.29) is 0 Å². The molecular formula is C19H10BrN. The zero-order valence-electron chi connectivity index (χ0n) is 11.1. The van der Waals surface area contributed by atoms with E-state index in [4.69, 9.17) is 0 Å². The maximum atomic E-state index is 9.42. The van der Waals surface area contributed by atoms with Crippen LogP contribution in [0.5, 0.6) is 0 Å². The van der Waals surface area contributed by atoms with Crippen molar-refractivity contribution in [3.63, 3.8) is 0 Å². The first-order chi connectivity index (χ1) is 10.3. The third kappa shape index (κ3) is 1.82. The van der Waals surface area contributed by atoms with Crippen molar-refractivity contribution in [2.24, 2.45) is 0 Å². The van der Waals surface area contributed by atoms with Gasteiger partial charge in [-0.05, 0) is 45.1 Å². The minimum absolute atomic E-state index is 0.722. The molecule has 98 valence electrons. The van der Waals surface area contributed by atoms with Crippen LogP contribution in [-0.4, -0.2) is 0 Å². The van der Waals surface area contributed by atoms with Gasteiger partial charge in [-0.2, -0.15) is 5.26 Å². The van der Waals surface area contributed by atoms with Gasteiger partial charge in [-0.1, -0.05) is 58.4 Å². The van der Waals surface area contributed by atoms with Crippen molar-refractivity contribution in [2.45, 2.75) is 0 Å². The topological polar surface area (TPSA) is 23.8 Å². The van der Waals surface area contributed by atoms with E-state index in [2.05, 4.69) is 64.5 Å². The van der Waals surface area contributed by atoms with E-state index < -0.39 is 0 Å². The molecule has 0 spiro atoms. The van der Waals surface area contributed by atoms with E-state index in [1.54, 1.807) is 0 Å². The van der Waals surface area contributed by atoms with Crippen LogP contribution in [0, 0.1) is 11.3 Å². The molecular weight excluding hydrogens is 322 g/mol. The van der Waals surface area contributed by atoms with Gasteiger partial charge in [0.2, 0.25) is 0 Å². The summed E-state index contributed by atoms with van der Waals surface area (Å²) in [7, 11) is 0. The quantitative estimate of drug-likeness (QED) is 0.374. The lowest BCUT2D eigenvalue weighted by molar-refractivity contribution is 1.51. The van der Waals surface area contributed by atoms with Crippen molar-refractivity contribution >= 4 is 48.2 Å². The highest BCUT2D eigenvalue weighted by molar-refractivity contribution is 9.10. The molecule has 0 N–H and O–H groups in total.